The van der Waals surface area contributed by atoms with E-state index in [1.165, 1.54) is 29.7 Å². The van der Waals surface area contributed by atoms with Gasteiger partial charge in [0, 0.05) is 21.2 Å². The average Bonchev–Trinajstić information content (AvgIpc) is 2.91. The summed E-state index contributed by atoms with van der Waals surface area (Å²) in [6, 6.07) is 11.2. The van der Waals surface area contributed by atoms with E-state index in [-0.39, 0.29) is 11.3 Å². The number of halogens is 2. The Morgan fingerprint density at radius 3 is 2.76 bits per heavy atom. The number of fused-ring (bicyclic) bond motifs is 1. The summed E-state index contributed by atoms with van der Waals surface area (Å²) >= 11 is 13.4. The Bertz CT molecular complexity index is 1020. The summed E-state index contributed by atoms with van der Waals surface area (Å²) in [6.07, 6.45) is 1.22. The third kappa shape index (κ3) is 3.63. The van der Waals surface area contributed by atoms with Crippen LogP contribution in [0.4, 0.5) is 5.69 Å². The van der Waals surface area contributed by atoms with Crippen molar-refractivity contribution in [2.24, 2.45) is 5.10 Å². The lowest BCUT2D eigenvalue weighted by Crippen LogP contribution is -2.16. The maximum Gasteiger partial charge on any atom is 0.283 e. The van der Waals surface area contributed by atoms with E-state index < -0.39 is 10.8 Å². The molecule has 0 spiro atoms. The van der Waals surface area contributed by atoms with Gasteiger partial charge in [-0.25, -0.2) is 5.43 Å². The first kappa shape index (κ1) is 17.3. The van der Waals surface area contributed by atoms with Crippen molar-refractivity contribution in [3.63, 3.8) is 0 Å². The molecule has 1 aromatic heterocycles. The molecular formula is C16H9Cl2N3O3S. The number of rotatable bonds is 4. The Labute approximate surface area is 155 Å². The normalized spacial score (nSPS) is 11.1. The van der Waals surface area contributed by atoms with E-state index in [0.29, 0.717) is 14.9 Å². The lowest BCUT2D eigenvalue weighted by molar-refractivity contribution is -0.385. The molecule has 0 aliphatic carbocycles. The second-order valence-electron chi connectivity index (χ2n) is 4.90. The van der Waals surface area contributed by atoms with Crippen LogP contribution in [0.25, 0.3) is 10.1 Å². The summed E-state index contributed by atoms with van der Waals surface area (Å²) in [5, 5.41) is 16.3. The fourth-order valence-electron chi connectivity index (χ4n) is 2.16. The fraction of sp³-hybridized carbons (Fsp3) is 0. The van der Waals surface area contributed by atoms with Crippen LogP contribution in [0.15, 0.2) is 47.6 Å². The van der Waals surface area contributed by atoms with Gasteiger partial charge in [0.05, 0.1) is 21.7 Å². The zero-order valence-corrected chi connectivity index (χ0v) is 14.7. The predicted octanol–water partition coefficient (Wildman–Crippen LogP) is 4.88. The Morgan fingerprint density at radius 2 is 2.00 bits per heavy atom. The molecule has 0 aliphatic rings. The highest BCUT2D eigenvalue weighted by atomic mass is 35.5. The van der Waals surface area contributed by atoms with Crippen LogP contribution >= 0.6 is 34.5 Å². The molecular weight excluding hydrogens is 385 g/mol. The molecule has 0 saturated heterocycles. The largest absolute Gasteiger partial charge is 0.283 e. The van der Waals surface area contributed by atoms with Crippen LogP contribution in [-0.2, 0) is 0 Å². The summed E-state index contributed by atoms with van der Waals surface area (Å²) < 4.78 is 0.783. The smallest absolute Gasteiger partial charge is 0.266 e. The second kappa shape index (κ2) is 7.18. The molecule has 1 heterocycles. The molecule has 0 aliphatic heterocycles. The average molecular weight is 394 g/mol. The van der Waals surface area contributed by atoms with Crippen LogP contribution in [0.5, 0.6) is 0 Å². The van der Waals surface area contributed by atoms with Crippen molar-refractivity contribution in [3.05, 3.63) is 73.1 Å². The summed E-state index contributed by atoms with van der Waals surface area (Å²) in [5.41, 5.74) is 2.51. The van der Waals surface area contributed by atoms with Gasteiger partial charge in [0.1, 0.15) is 4.88 Å². The van der Waals surface area contributed by atoms with Gasteiger partial charge in [0.2, 0.25) is 0 Å². The molecule has 1 N–H and O–H groups in total. The predicted molar refractivity (Wildman–Crippen MR) is 100 cm³/mol. The molecule has 0 radical (unpaired) electrons. The molecule has 3 rings (SSSR count). The zero-order valence-electron chi connectivity index (χ0n) is 12.4. The fourth-order valence-corrected chi connectivity index (χ4v) is 3.84. The molecule has 9 heteroatoms. The standard InChI is InChI=1S/C16H9Cl2N3O3S/c17-10-5-6-11-13(7-10)25-15(14(11)18)16(22)20-19-8-9-3-1-2-4-12(9)21(23)24/h1-8H,(H,20,22)/b19-8+. The van der Waals surface area contributed by atoms with Crippen LogP contribution in [0.1, 0.15) is 15.2 Å². The van der Waals surface area contributed by atoms with Crippen LogP contribution < -0.4 is 5.43 Å². The maximum absolute atomic E-state index is 12.3. The summed E-state index contributed by atoms with van der Waals surface area (Å²) in [4.78, 5) is 23.0. The van der Waals surface area contributed by atoms with Gasteiger partial charge in [0.25, 0.3) is 11.6 Å². The molecule has 0 unspecified atom stereocenters. The summed E-state index contributed by atoms with van der Waals surface area (Å²) in [5.74, 6) is -0.503. The maximum atomic E-state index is 12.3. The number of carbonyl (C=O) groups is 1. The molecule has 0 saturated carbocycles. The number of amides is 1. The minimum atomic E-state index is -0.518. The first-order chi connectivity index (χ1) is 12.0. The molecule has 2 aromatic carbocycles. The topological polar surface area (TPSA) is 84.6 Å². The third-order valence-electron chi connectivity index (χ3n) is 3.30. The number of para-hydroxylation sites is 1. The van der Waals surface area contributed by atoms with E-state index in [1.807, 2.05) is 0 Å². The molecule has 1 amide bonds. The second-order valence-corrected chi connectivity index (χ2v) is 6.77. The van der Waals surface area contributed by atoms with Gasteiger partial charge < -0.3 is 0 Å². The third-order valence-corrected chi connectivity index (χ3v) is 5.19. The highest BCUT2D eigenvalue weighted by Crippen LogP contribution is 2.36. The number of nitro benzene ring substituents is 1. The van der Waals surface area contributed by atoms with Crippen LogP contribution in [0.3, 0.4) is 0 Å². The van der Waals surface area contributed by atoms with Crippen molar-refractivity contribution in [1.82, 2.24) is 5.43 Å². The monoisotopic (exact) mass is 393 g/mol. The molecule has 3 aromatic rings. The minimum absolute atomic E-state index is 0.102. The molecule has 25 heavy (non-hydrogen) atoms. The lowest BCUT2D eigenvalue weighted by atomic mass is 10.2. The summed E-state index contributed by atoms with van der Waals surface area (Å²) in [7, 11) is 0. The van der Waals surface area contributed by atoms with Gasteiger partial charge in [-0.05, 0) is 18.2 Å². The Hall–Kier alpha value is -2.48. The minimum Gasteiger partial charge on any atom is -0.266 e. The molecule has 0 fully saturated rings. The molecule has 126 valence electrons. The van der Waals surface area contributed by atoms with Crippen LogP contribution in [0.2, 0.25) is 10.0 Å². The van der Waals surface area contributed by atoms with Gasteiger partial charge in [-0.3, -0.25) is 14.9 Å². The number of nitrogens with zero attached hydrogens (tertiary/aromatic N) is 2. The number of thiophene rings is 1. The van der Waals surface area contributed by atoms with Gasteiger partial charge in [0.15, 0.2) is 0 Å². The van der Waals surface area contributed by atoms with Crippen molar-refractivity contribution < 1.29 is 9.72 Å². The quantitative estimate of drug-likeness (QED) is 0.389. The molecule has 0 atom stereocenters. The number of hydrogen-bond acceptors (Lipinski definition) is 5. The van der Waals surface area contributed by atoms with E-state index in [4.69, 9.17) is 23.2 Å². The van der Waals surface area contributed by atoms with Crippen molar-refractivity contribution in [3.8, 4) is 0 Å². The van der Waals surface area contributed by atoms with Crippen LogP contribution in [-0.4, -0.2) is 17.0 Å². The lowest BCUT2D eigenvalue weighted by Gasteiger charge is -1.98. The Morgan fingerprint density at radius 1 is 1.24 bits per heavy atom. The number of carbonyl (C=O) groups excluding carboxylic acids is 1. The molecule has 6 nitrogen and oxygen atoms in total. The number of nitrogens with one attached hydrogen (secondary N) is 1. The van der Waals surface area contributed by atoms with Gasteiger partial charge >= 0.3 is 0 Å². The number of nitro groups is 1. The number of benzene rings is 2. The van der Waals surface area contributed by atoms with Crippen molar-refractivity contribution >= 4 is 62.4 Å². The Balaban J connectivity index is 1.82. The first-order valence-corrected chi connectivity index (χ1v) is 8.49. The van der Waals surface area contributed by atoms with E-state index in [0.717, 1.165) is 10.1 Å². The Kier molecular flexibility index (Phi) is 4.98. The summed E-state index contributed by atoms with van der Waals surface area (Å²) in [6.45, 7) is 0. The van der Waals surface area contributed by atoms with Crippen molar-refractivity contribution in [2.45, 2.75) is 0 Å². The van der Waals surface area contributed by atoms with E-state index >= 15 is 0 Å². The SMILES string of the molecule is O=C(N/N=C/c1ccccc1[N+](=O)[O-])c1sc2cc(Cl)ccc2c1Cl. The highest BCUT2D eigenvalue weighted by Gasteiger charge is 2.17. The number of hydrazone groups is 1. The number of hydrogen-bond donors (Lipinski definition) is 1. The van der Waals surface area contributed by atoms with E-state index in [9.17, 15) is 14.9 Å². The van der Waals surface area contributed by atoms with Gasteiger partial charge in [-0.2, -0.15) is 5.10 Å². The van der Waals surface area contributed by atoms with E-state index in [2.05, 4.69) is 10.5 Å². The van der Waals surface area contributed by atoms with E-state index in [1.54, 1.807) is 30.3 Å². The van der Waals surface area contributed by atoms with Gasteiger partial charge in [-0.1, -0.05) is 41.4 Å². The van der Waals surface area contributed by atoms with Crippen LogP contribution in [0, 0.1) is 10.1 Å². The zero-order chi connectivity index (χ0) is 18.0. The molecule has 0 bridgehead atoms. The van der Waals surface area contributed by atoms with Crippen molar-refractivity contribution in [2.75, 3.05) is 0 Å². The highest BCUT2D eigenvalue weighted by molar-refractivity contribution is 7.21. The van der Waals surface area contributed by atoms with Gasteiger partial charge in [-0.15, -0.1) is 11.3 Å². The van der Waals surface area contributed by atoms with Crippen molar-refractivity contribution in [1.29, 1.82) is 0 Å². The first-order valence-electron chi connectivity index (χ1n) is 6.91.